The minimum Gasteiger partial charge on any atom is -0.387 e. The van der Waals surface area contributed by atoms with Gasteiger partial charge in [-0.15, -0.1) is 0 Å². The molecule has 0 radical (unpaired) electrons. The van der Waals surface area contributed by atoms with Crippen molar-refractivity contribution in [1.82, 2.24) is 10.2 Å². The van der Waals surface area contributed by atoms with Crippen molar-refractivity contribution in [2.45, 2.75) is 38.1 Å². The summed E-state index contributed by atoms with van der Waals surface area (Å²) in [4.78, 5) is 31.6. The van der Waals surface area contributed by atoms with Gasteiger partial charge in [0.1, 0.15) is 18.4 Å². The normalized spacial score (nSPS) is 19.6. The summed E-state index contributed by atoms with van der Waals surface area (Å²) in [5.74, 6) is -1.78. The van der Waals surface area contributed by atoms with E-state index in [2.05, 4.69) is 10.5 Å². The number of carbonyl (C=O) groups is 2. The van der Waals surface area contributed by atoms with Crippen LogP contribution in [-0.2, 0) is 15.8 Å². The number of oxime groups is 1. The average molecular weight is 523 g/mol. The highest BCUT2D eigenvalue weighted by Gasteiger charge is 2.36. The molecule has 1 unspecified atom stereocenters. The van der Waals surface area contributed by atoms with E-state index < -0.39 is 40.6 Å². The van der Waals surface area contributed by atoms with Crippen LogP contribution >= 0.6 is 11.6 Å². The Morgan fingerprint density at radius 2 is 2.08 bits per heavy atom. The van der Waals surface area contributed by atoms with Crippen LogP contribution in [0.5, 0.6) is 0 Å². The van der Waals surface area contributed by atoms with Crippen molar-refractivity contribution in [3.05, 3.63) is 69.0 Å². The zero-order valence-electron chi connectivity index (χ0n) is 18.8. The van der Waals surface area contributed by atoms with E-state index in [1.165, 1.54) is 11.0 Å². The molecule has 2 aromatic rings. The Morgan fingerprint density at radius 1 is 1.33 bits per heavy atom. The number of benzene rings is 2. The highest BCUT2D eigenvalue weighted by molar-refractivity contribution is 6.30. The number of amides is 2. The number of nitrogens with one attached hydrogen (secondary N) is 1. The van der Waals surface area contributed by atoms with Crippen molar-refractivity contribution >= 4 is 29.1 Å². The lowest BCUT2D eigenvalue weighted by molar-refractivity contribution is -0.137. The van der Waals surface area contributed by atoms with Gasteiger partial charge in [-0.3, -0.25) is 9.59 Å². The second kappa shape index (κ2) is 9.78. The summed E-state index contributed by atoms with van der Waals surface area (Å²) in [6, 6.07) is 7.13. The van der Waals surface area contributed by atoms with Crippen molar-refractivity contribution in [3.8, 4) is 6.07 Å². The maximum absolute atomic E-state index is 14.5. The molecule has 0 aromatic heterocycles. The standard InChI is InChI=1S/C24H19ClF4N4O3/c1-12-8-13(2-3-15(12)22(34)31-18-4-6-33(7-5-30)23(18)35)19-11-20(36-32-19)16-9-14(24(27,28)29)10-17(25)21(16)26/h2-3,8-10,18,20H,4,6-7,11H2,1H3,(H,31,34)/t18-,20?/m0/s1. The Labute approximate surface area is 208 Å². The number of alkyl halides is 3. The van der Waals surface area contributed by atoms with Gasteiger partial charge in [0.05, 0.1) is 22.4 Å². The van der Waals surface area contributed by atoms with E-state index in [0.29, 0.717) is 47.5 Å². The van der Waals surface area contributed by atoms with Gasteiger partial charge in [0.25, 0.3) is 5.91 Å². The lowest BCUT2D eigenvalue weighted by Crippen LogP contribution is -2.41. The number of carbonyl (C=O) groups excluding carboxylic acids is 2. The molecule has 4 rings (SSSR count). The van der Waals surface area contributed by atoms with E-state index in [-0.39, 0.29) is 24.4 Å². The highest BCUT2D eigenvalue weighted by Crippen LogP contribution is 2.39. The van der Waals surface area contributed by atoms with Gasteiger partial charge in [0.2, 0.25) is 5.91 Å². The first-order valence-corrected chi connectivity index (χ1v) is 11.2. The lowest BCUT2D eigenvalue weighted by Gasteiger charge is -2.15. The largest absolute Gasteiger partial charge is 0.416 e. The average Bonchev–Trinajstić information content (AvgIpc) is 3.43. The van der Waals surface area contributed by atoms with Gasteiger partial charge in [0.15, 0.2) is 6.10 Å². The summed E-state index contributed by atoms with van der Waals surface area (Å²) < 4.78 is 53.9. The molecule has 1 N–H and O–H groups in total. The molecular weight excluding hydrogens is 504 g/mol. The Morgan fingerprint density at radius 3 is 2.75 bits per heavy atom. The monoisotopic (exact) mass is 522 g/mol. The smallest absolute Gasteiger partial charge is 0.387 e. The molecule has 7 nitrogen and oxygen atoms in total. The molecule has 2 atom stereocenters. The van der Waals surface area contributed by atoms with Crippen LogP contribution in [-0.4, -0.2) is 41.6 Å². The van der Waals surface area contributed by atoms with Crippen molar-refractivity contribution in [2.75, 3.05) is 13.1 Å². The first-order chi connectivity index (χ1) is 17.0. The lowest BCUT2D eigenvalue weighted by atomic mass is 9.96. The van der Waals surface area contributed by atoms with E-state index in [9.17, 15) is 27.2 Å². The van der Waals surface area contributed by atoms with Gasteiger partial charge in [-0.1, -0.05) is 22.8 Å². The van der Waals surface area contributed by atoms with E-state index in [0.717, 1.165) is 0 Å². The molecular formula is C24H19ClF4N4O3. The van der Waals surface area contributed by atoms with Crippen LogP contribution in [0, 0.1) is 24.1 Å². The Bertz CT molecular complexity index is 1310. The Balaban J connectivity index is 1.47. The fraction of sp³-hybridized carbons (Fsp3) is 0.333. The van der Waals surface area contributed by atoms with Gasteiger partial charge in [-0.05, 0) is 48.7 Å². The van der Waals surface area contributed by atoms with Crippen molar-refractivity contribution in [3.63, 3.8) is 0 Å². The summed E-state index contributed by atoms with van der Waals surface area (Å²) in [6.07, 6.45) is -5.42. The van der Waals surface area contributed by atoms with Crippen molar-refractivity contribution in [1.29, 1.82) is 5.26 Å². The molecule has 0 saturated carbocycles. The predicted octanol–water partition coefficient (Wildman–Crippen LogP) is 4.53. The van der Waals surface area contributed by atoms with Gasteiger partial charge < -0.3 is 15.1 Å². The summed E-state index contributed by atoms with van der Waals surface area (Å²) in [6.45, 7) is 2.02. The number of nitrogens with zero attached hydrogens (tertiary/aromatic N) is 3. The Hall–Kier alpha value is -3.65. The zero-order chi connectivity index (χ0) is 26.2. The van der Waals surface area contributed by atoms with Crippen molar-refractivity contribution in [2.24, 2.45) is 5.16 Å². The number of rotatable bonds is 5. The van der Waals surface area contributed by atoms with E-state index in [1.807, 2.05) is 6.07 Å². The first kappa shape index (κ1) is 25.4. The minimum atomic E-state index is -4.71. The second-order valence-corrected chi connectivity index (χ2v) is 8.86. The van der Waals surface area contributed by atoms with Crippen LogP contribution in [0.15, 0.2) is 35.5 Å². The van der Waals surface area contributed by atoms with Gasteiger partial charge in [-0.2, -0.15) is 18.4 Å². The molecule has 1 fully saturated rings. The molecule has 1 saturated heterocycles. The molecule has 12 heteroatoms. The number of aryl methyl sites for hydroxylation is 1. The molecule has 2 heterocycles. The number of halogens is 5. The SMILES string of the molecule is Cc1cc(C2=NOC(c3cc(C(F)(F)F)cc(Cl)c3F)C2)ccc1C(=O)N[C@H]1CCN(CC#N)C1=O. The first-order valence-electron chi connectivity index (χ1n) is 10.9. The topological polar surface area (TPSA) is 94.8 Å². The quantitative estimate of drug-likeness (QED) is 0.461. The summed E-state index contributed by atoms with van der Waals surface area (Å²) in [7, 11) is 0. The fourth-order valence-electron chi connectivity index (χ4n) is 4.17. The number of likely N-dealkylation sites (tertiary alicyclic amines) is 1. The number of nitriles is 1. The third-order valence-corrected chi connectivity index (χ3v) is 6.34. The van der Waals surface area contributed by atoms with E-state index >= 15 is 0 Å². The number of hydrogen-bond donors (Lipinski definition) is 1. The third-order valence-electron chi connectivity index (χ3n) is 6.07. The van der Waals surface area contributed by atoms with E-state index in [4.69, 9.17) is 21.7 Å². The van der Waals surface area contributed by atoms with Crippen LogP contribution in [0.4, 0.5) is 17.6 Å². The van der Waals surface area contributed by atoms with Gasteiger partial charge >= 0.3 is 6.18 Å². The van der Waals surface area contributed by atoms with Crippen LogP contribution in [0.25, 0.3) is 0 Å². The van der Waals surface area contributed by atoms with Crippen molar-refractivity contribution < 1.29 is 32.0 Å². The maximum atomic E-state index is 14.5. The molecule has 188 valence electrons. The second-order valence-electron chi connectivity index (χ2n) is 8.46. The molecule has 2 aliphatic rings. The van der Waals surface area contributed by atoms with Crippen LogP contribution < -0.4 is 5.32 Å². The molecule has 2 amide bonds. The van der Waals surface area contributed by atoms with Crippen LogP contribution in [0.3, 0.4) is 0 Å². The number of hydrogen-bond acceptors (Lipinski definition) is 5. The van der Waals surface area contributed by atoms with Crippen LogP contribution in [0.2, 0.25) is 5.02 Å². The van der Waals surface area contributed by atoms with E-state index in [1.54, 1.807) is 19.1 Å². The fourth-order valence-corrected chi connectivity index (χ4v) is 4.40. The predicted molar refractivity (Wildman–Crippen MR) is 121 cm³/mol. The maximum Gasteiger partial charge on any atom is 0.416 e. The third kappa shape index (κ3) is 4.99. The van der Waals surface area contributed by atoms with Gasteiger partial charge in [0, 0.05) is 24.1 Å². The molecule has 0 spiro atoms. The zero-order valence-corrected chi connectivity index (χ0v) is 19.6. The Kier molecular flexibility index (Phi) is 6.91. The molecule has 0 bridgehead atoms. The molecule has 2 aromatic carbocycles. The molecule has 0 aliphatic carbocycles. The minimum absolute atomic E-state index is 0.00908. The molecule has 2 aliphatic heterocycles. The summed E-state index contributed by atoms with van der Waals surface area (Å²) >= 11 is 5.67. The van der Waals surface area contributed by atoms with Crippen LogP contribution in [0.1, 0.15) is 51.6 Å². The highest BCUT2D eigenvalue weighted by atomic mass is 35.5. The summed E-state index contributed by atoms with van der Waals surface area (Å²) in [5.41, 5.74) is 0.334. The van der Waals surface area contributed by atoms with Gasteiger partial charge in [-0.25, -0.2) is 4.39 Å². The summed E-state index contributed by atoms with van der Waals surface area (Å²) in [5, 5.41) is 14.7. The molecule has 36 heavy (non-hydrogen) atoms.